The predicted octanol–water partition coefficient (Wildman–Crippen LogP) is 3.78. The largest absolute Gasteiger partial charge is 0.339 e. The Morgan fingerprint density at radius 1 is 1.42 bits per heavy atom. The molecule has 0 radical (unpaired) electrons. The number of carbonyl (C=O) groups excluding carboxylic acids is 1. The minimum Gasteiger partial charge on any atom is -0.339 e. The molecular weight excluding hydrogens is 285 g/mol. The number of carbonyl (C=O) groups is 1. The highest BCUT2D eigenvalue weighted by Crippen LogP contribution is 2.37. The minimum absolute atomic E-state index is 0.228. The molecular formula is C13H11Cl2N3O. The standard InChI is InChI=1S/C13H11Cl2N3O/c14-8-5-12(18(7-8)9-1-2-9)13(19)17-11-6-16-4-3-10(11)15/h3-7,9H,1-2H2,(H,17,19). The van der Waals surface area contributed by atoms with Crippen LogP contribution in [0.2, 0.25) is 10.0 Å². The molecule has 1 aliphatic rings. The van der Waals surface area contributed by atoms with Gasteiger partial charge in [-0.25, -0.2) is 0 Å². The van der Waals surface area contributed by atoms with E-state index in [2.05, 4.69) is 10.3 Å². The lowest BCUT2D eigenvalue weighted by Gasteiger charge is -2.09. The van der Waals surface area contributed by atoms with Gasteiger partial charge in [0, 0.05) is 18.4 Å². The lowest BCUT2D eigenvalue weighted by atomic mass is 10.3. The van der Waals surface area contributed by atoms with E-state index in [1.807, 2.05) is 4.57 Å². The fourth-order valence-electron chi connectivity index (χ4n) is 1.94. The molecule has 6 heteroatoms. The smallest absolute Gasteiger partial charge is 0.272 e. The summed E-state index contributed by atoms with van der Waals surface area (Å²) in [5.74, 6) is -0.228. The Balaban J connectivity index is 1.86. The highest BCUT2D eigenvalue weighted by atomic mass is 35.5. The van der Waals surface area contributed by atoms with E-state index >= 15 is 0 Å². The predicted molar refractivity (Wildman–Crippen MR) is 74.9 cm³/mol. The van der Waals surface area contributed by atoms with E-state index in [9.17, 15) is 4.79 Å². The van der Waals surface area contributed by atoms with Crippen LogP contribution in [0.25, 0.3) is 0 Å². The van der Waals surface area contributed by atoms with Gasteiger partial charge < -0.3 is 9.88 Å². The SMILES string of the molecule is O=C(Nc1cnccc1Cl)c1cc(Cl)cn1C1CC1. The third-order valence-corrected chi connectivity index (χ3v) is 3.54. The number of hydrogen-bond acceptors (Lipinski definition) is 2. The molecule has 0 bridgehead atoms. The van der Waals surface area contributed by atoms with Gasteiger partial charge in [0.25, 0.3) is 5.91 Å². The third kappa shape index (κ3) is 2.60. The van der Waals surface area contributed by atoms with Crippen LogP contribution in [0.1, 0.15) is 29.4 Å². The Hall–Kier alpha value is -1.52. The first-order chi connectivity index (χ1) is 9.15. The lowest BCUT2D eigenvalue weighted by molar-refractivity contribution is 0.101. The second kappa shape index (κ2) is 4.87. The number of rotatable bonds is 3. The van der Waals surface area contributed by atoms with Crippen molar-refractivity contribution in [2.75, 3.05) is 5.32 Å². The number of pyridine rings is 1. The molecule has 1 fully saturated rings. The Labute approximate surface area is 120 Å². The maximum Gasteiger partial charge on any atom is 0.272 e. The average molecular weight is 296 g/mol. The van der Waals surface area contributed by atoms with E-state index in [4.69, 9.17) is 23.2 Å². The lowest BCUT2D eigenvalue weighted by Crippen LogP contribution is -2.16. The van der Waals surface area contributed by atoms with Crippen molar-refractivity contribution in [1.29, 1.82) is 0 Å². The zero-order valence-electron chi connectivity index (χ0n) is 9.94. The van der Waals surface area contributed by atoms with E-state index in [0.717, 1.165) is 12.8 Å². The first-order valence-corrected chi connectivity index (χ1v) is 6.69. The Bertz CT molecular complexity index is 635. The van der Waals surface area contributed by atoms with Crippen LogP contribution in [-0.4, -0.2) is 15.5 Å². The van der Waals surface area contributed by atoms with Crippen LogP contribution < -0.4 is 5.32 Å². The molecule has 0 spiro atoms. The van der Waals surface area contributed by atoms with Crippen LogP contribution >= 0.6 is 23.2 Å². The molecule has 98 valence electrons. The van der Waals surface area contributed by atoms with E-state index in [1.165, 1.54) is 6.20 Å². The highest BCUT2D eigenvalue weighted by Gasteiger charge is 2.28. The van der Waals surface area contributed by atoms with E-state index in [1.54, 1.807) is 24.5 Å². The molecule has 1 amide bonds. The molecule has 3 rings (SSSR count). The monoisotopic (exact) mass is 295 g/mol. The van der Waals surface area contributed by atoms with Crippen molar-refractivity contribution in [3.8, 4) is 0 Å². The number of amides is 1. The highest BCUT2D eigenvalue weighted by molar-refractivity contribution is 6.34. The molecule has 2 aromatic rings. The van der Waals surface area contributed by atoms with E-state index < -0.39 is 0 Å². The molecule has 0 aliphatic heterocycles. The van der Waals surface area contributed by atoms with Crippen LogP contribution in [0.4, 0.5) is 5.69 Å². The zero-order valence-corrected chi connectivity index (χ0v) is 11.4. The summed E-state index contributed by atoms with van der Waals surface area (Å²) in [7, 11) is 0. The van der Waals surface area contributed by atoms with Gasteiger partial charge in [-0.1, -0.05) is 23.2 Å². The number of nitrogens with one attached hydrogen (secondary N) is 1. The van der Waals surface area contributed by atoms with Crippen molar-refractivity contribution in [2.45, 2.75) is 18.9 Å². The Morgan fingerprint density at radius 2 is 2.21 bits per heavy atom. The van der Waals surface area contributed by atoms with Crippen LogP contribution in [0.3, 0.4) is 0 Å². The molecule has 0 aromatic carbocycles. The molecule has 1 N–H and O–H groups in total. The van der Waals surface area contributed by atoms with Crippen molar-refractivity contribution >= 4 is 34.8 Å². The molecule has 2 aromatic heterocycles. The summed E-state index contributed by atoms with van der Waals surface area (Å²) in [5.41, 5.74) is 1.04. The van der Waals surface area contributed by atoms with Crippen LogP contribution in [-0.2, 0) is 0 Å². The zero-order chi connectivity index (χ0) is 13.4. The molecule has 0 unspecified atom stereocenters. The molecule has 1 aliphatic carbocycles. The van der Waals surface area contributed by atoms with Crippen LogP contribution in [0.5, 0.6) is 0 Å². The van der Waals surface area contributed by atoms with Crippen molar-refractivity contribution in [1.82, 2.24) is 9.55 Å². The second-order valence-electron chi connectivity index (χ2n) is 4.49. The number of hydrogen-bond donors (Lipinski definition) is 1. The number of halogens is 2. The Morgan fingerprint density at radius 3 is 2.89 bits per heavy atom. The topological polar surface area (TPSA) is 46.9 Å². The molecule has 4 nitrogen and oxygen atoms in total. The summed E-state index contributed by atoms with van der Waals surface area (Å²) in [6.07, 6.45) is 7.05. The van der Waals surface area contributed by atoms with Gasteiger partial charge in [-0.05, 0) is 25.0 Å². The van der Waals surface area contributed by atoms with Gasteiger partial charge in [0.05, 0.1) is 21.9 Å². The van der Waals surface area contributed by atoms with Crippen LogP contribution in [0, 0.1) is 0 Å². The van der Waals surface area contributed by atoms with E-state index in [-0.39, 0.29) is 5.91 Å². The summed E-state index contributed by atoms with van der Waals surface area (Å²) in [6, 6.07) is 3.68. The van der Waals surface area contributed by atoms with Gasteiger partial charge >= 0.3 is 0 Å². The molecule has 0 saturated heterocycles. The summed E-state index contributed by atoms with van der Waals surface area (Å²) in [5, 5.41) is 3.77. The van der Waals surface area contributed by atoms with Crippen molar-refractivity contribution < 1.29 is 4.79 Å². The Kier molecular flexibility index (Phi) is 3.21. The molecule has 2 heterocycles. The summed E-state index contributed by atoms with van der Waals surface area (Å²) in [6.45, 7) is 0. The summed E-state index contributed by atoms with van der Waals surface area (Å²) in [4.78, 5) is 16.2. The van der Waals surface area contributed by atoms with Gasteiger partial charge in [0.15, 0.2) is 0 Å². The van der Waals surface area contributed by atoms with Crippen molar-refractivity contribution in [2.24, 2.45) is 0 Å². The summed E-state index contributed by atoms with van der Waals surface area (Å²) >= 11 is 12.0. The average Bonchev–Trinajstić information content (AvgIpc) is 3.15. The van der Waals surface area contributed by atoms with Gasteiger partial charge in [0.2, 0.25) is 0 Å². The number of anilines is 1. The molecule has 19 heavy (non-hydrogen) atoms. The molecule has 1 saturated carbocycles. The quantitative estimate of drug-likeness (QED) is 0.937. The van der Waals surface area contributed by atoms with Crippen molar-refractivity contribution in [3.63, 3.8) is 0 Å². The maximum absolute atomic E-state index is 12.3. The number of nitrogens with zero attached hydrogens (tertiary/aromatic N) is 2. The van der Waals surface area contributed by atoms with E-state index in [0.29, 0.717) is 27.5 Å². The summed E-state index contributed by atoms with van der Waals surface area (Å²) < 4.78 is 1.92. The third-order valence-electron chi connectivity index (χ3n) is 3.00. The second-order valence-corrected chi connectivity index (χ2v) is 5.34. The van der Waals surface area contributed by atoms with Gasteiger partial charge in [-0.3, -0.25) is 9.78 Å². The minimum atomic E-state index is -0.228. The first kappa shape index (κ1) is 12.5. The fourth-order valence-corrected chi connectivity index (χ4v) is 2.30. The van der Waals surface area contributed by atoms with Gasteiger partial charge in [-0.2, -0.15) is 0 Å². The number of aromatic nitrogens is 2. The van der Waals surface area contributed by atoms with Gasteiger partial charge in [0.1, 0.15) is 5.69 Å². The van der Waals surface area contributed by atoms with Crippen molar-refractivity contribution in [3.05, 3.63) is 46.5 Å². The molecule has 0 atom stereocenters. The van der Waals surface area contributed by atoms with Gasteiger partial charge in [-0.15, -0.1) is 0 Å². The normalized spacial score (nSPS) is 14.4. The fraction of sp³-hybridized carbons (Fsp3) is 0.231. The first-order valence-electron chi connectivity index (χ1n) is 5.93. The maximum atomic E-state index is 12.3. The van der Waals surface area contributed by atoms with Crippen LogP contribution in [0.15, 0.2) is 30.7 Å².